The molecule has 1 atom stereocenters. The van der Waals surface area contributed by atoms with Crippen LogP contribution in [0.5, 0.6) is 0 Å². The molecule has 3 aliphatic rings. The van der Waals surface area contributed by atoms with Crippen molar-refractivity contribution in [2.24, 2.45) is 14.1 Å². The van der Waals surface area contributed by atoms with Gasteiger partial charge in [-0.1, -0.05) is 0 Å². The molecule has 0 aromatic heterocycles. The van der Waals surface area contributed by atoms with Gasteiger partial charge in [-0.05, 0) is 6.42 Å². The molecular weight excluding hydrogens is 266 g/mol. The first kappa shape index (κ1) is 12.7. The minimum absolute atomic E-state index is 0.0178. The quantitative estimate of drug-likeness (QED) is 0.446. The normalized spacial score (nSPS) is 18.8. The lowest BCUT2D eigenvalue weighted by Gasteiger charge is -2.16. The Balaban J connectivity index is 2.37. The Morgan fingerprint density at radius 1 is 1.40 bits per heavy atom. The van der Waals surface area contributed by atoms with Gasteiger partial charge >= 0.3 is 17.1 Å². The van der Waals surface area contributed by atoms with E-state index in [0.29, 0.717) is 24.4 Å². The summed E-state index contributed by atoms with van der Waals surface area (Å²) >= 11 is 0. The minimum Gasteiger partial charge on any atom is -0.710 e. The standard InChI is InChI=1S/C11H13N5O4/c1-14-10(17)7-9(12-11(14)18)15(2)13-8(16(7)19)6-3-4-20-5-6/h6H,3-5H2,1-2H3. The van der Waals surface area contributed by atoms with E-state index in [1.807, 2.05) is 0 Å². The van der Waals surface area contributed by atoms with E-state index in [2.05, 4.69) is 10.1 Å². The summed E-state index contributed by atoms with van der Waals surface area (Å²) in [4.78, 5) is 27.4. The number of ether oxygens (including phenoxy) is 1. The van der Waals surface area contributed by atoms with Gasteiger partial charge < -0.3 is 9.94 Å². The van der Waals surface area contributed by atoms with E-state index in [-0.39, 0.29) is 23.3 Å². The van der Waals surface area contributed by atoms with Crippen LogP contribution >= 0.6 is 0 Å². The molecule has 1 unspecified atom stereocenters. The van der Waals surface area contributed by atoms with Gasteiger partial charge in [0.2, 0.25) is 11.5 Å². The molecule has 0 N–H and O–H groups in total. The van der Waals surface area contributed by atoms with Crippen LogP contribution in [0.4, 0.5) is 0 Å². The van der Waals surface area contributed by atoms with Crippen molar-refractivity contribution in [3.8, 4) is 11.5 Å². The summed E-state index contributed by atoms with van der Waals surface area (Å²) in [5.74, 6) is 0.0468. The summed E-state index contributed by atoms with van der Waals surface area (Å²) < 4.78 is 7.82. The fraction of sp³-hybridized carbons (Fsp3) is 0.545. The summed E-state index contributed by atoms with van der Waals surface area (Å²) in [7, 11) is 2.84. The van der Waals surface area contributed by atoms with Crippen molar-refractivity contribution in [2.75, 3.05) is 13.2 Å². The van der Waals surface area contributed by atoms with Gasteiger partial charge in [-0.25, -0.2) is 9.52 Å². The first-order valence-corrected chi connectivity index (χ1v) is 6.16. The van der Waals surface area contributed by atoms with Crippen molar-refractivity contribution >= 4 is 0 Å². The van der Waals surface area contributed by atoms with E-state index in [1.165, 1.54) is 11.7 Å². The van der Waals surface area contributed by atoms with Crippen molar-refractivity contribution in [1.29, 1.82) is 0 Å². The number of aromatic nitrogens is 5. The molecule has 0 amide bonds. The van der Waals surface area contributed by atoms with Gasteiger partial charge in [-0.15, -0.1) is 0 Å². The second-order valence-electron chi connectivity index (χ2n) is 4.77. The van der Waals surface area contributed by atoms with Crippen LogP contribution in [-0.4, -0.2) is 32.5 Å². The van der Waals surface area contributed by atoms with Gasteiger partial charge in [0.25, 0.3) is 0 Å². The predicted molar refractivity (Wildman–Crippen MR) is 66.3 cm³/mol. The van der Waals surface area contributed by atoms with Gasteiger partial charge in [0, 0.05) is 13.7 Å². The molecule has 0 aliphatic carbocycles. The second kappa shape index (κ2) is 4.37. The summed E-state index contributed by atoms with van der Waals surface area (Å²) in [5, 5.41) is 16.5. The molecule has 1 saturated heterocycles. The van der Waals surface area contributed by atoms with Gasteiger partial charge in [0.1, 0.15) is 0 Å². The molecule has 0 aromatic carbocycles. The monoisotopic (exact) mass is 279 g/mol. The molecule has 20 heavy (non-hydrogen) atoms. The number of nitrogens with zero attached hydrogens (tertiary/aromatic N) is 5. The Morgan fingerprint density at radius 2 is 2.15 bits per heavy atom. The van der Waals surface area contributed by atoms with E-state index in [1.54, 1.807) is 7.05 Å². The van der Waals surface area contributed by atoms with Crippen LogP contribution in [-0.2, 0) is 18.8 Å². The molecule has 9 nitrogen and oxygen atoms in total. The smallest absolute Gasteiger partial charge is 0.352 e. The highest BCUT2D eigenvalue weighted by Gasteiger charge is 2.33. The van der Waals surface area contributed by atoms with Gasteiger partial charge in [0.05, 0.1) is 24.7 Å². The molecule has 1 fully saturated rings. The molecule has 3 rings (SSSR count). The van der Waals surface area contributed by atoms with Crippen molar-refractivity contribution in [2.45, 2.75) is 12.3 Å². The maximum atomic E-state index is 12.4. The Bertz CT molecular complexity index is 759. The lowest BCUT2D eigenvalue weighted by Crippen LogP contribution is -2.49. The van der Waals surface area contributed by atoms with E-state index in [0.717, 1.165) is 4.57 Å². The number of hydrogen-bond acceptors (Lipinski definition) is 6. The zero-order valence-electron chi connectivity index (χ0n) is 11.1. The average Bonchev–Trinajstić information content (AvgIpc) is 2.93. The fourth-order valence-electron chi connectivity index (χ4n) is 2.31. The largest absolute Gasteiger partial charge is 0.710 e. The van der Waals surface area contributed by atoms with Crippen LogP contribution in [0.2, 0.25) is 0 Å². The Kier molecular flexibility index (Phi) is 2.78. The van der Waals surface area contributed by atoms with Gasteiger partial charge in [-0.2, -0.15) is 9.67 Å². The van der Waals surface area contributed by atoms with Gasteiger partial charge in [-0.3, -0.25) is 9.36 Å². The van der Waals surface area contributed by atoms with Crippen LogP contribution in [0, 0.1) is 5.21 Å². The van der Waals surface area contributed by atoms with Crippen molar-refractivity contribution in [3.63, 3.8) is 0 Å². The summed E-state index contributed by atoms with van der Waals surface area (Å²) in [5.41, 5.74) is -1.56. The molecule has 0 radical (unpaired) electrons. The van der Waals surface area contributed by atoms with Crippen molar-refractivity contribution in [1.82, 2.24) is 19.3 Å². The zero-order valence-corrected chi connectivity index (χ0v) is 11.1. The molecule has 0 saturated carbocycles. The third-order valence-electron chi connectivity index (χ3n) is 3.47. The zero-order chi connectivity index (χ0) is 14.4. The number of hydrogen-bond donors (Lipinski definition) is 0. The summed E-state index contributed by atoms with van der Waals surface area (Å²) in [6.45, 7) is 0.956. The summed E-state index contributed by atoms with van der Waals surface area (Å²) in [6, 6.07) is 0. The third-order valence-corrected chi connectivity index (χ3v) is 3.47. The molecular formula is C11H13N5O4. The fourth-order valence-corrected chi connectivity index (χ4v) is 2.31. The first-order valence-electron chi connectivity index (χ1n) is 6.16. The molecule has 106 valence electrons. The minimum atomic E-state index is -0.711. The maximum Gasteiger partial charge on any atom is 0.352 e. The van der Waals surface area contributed by atoms with Gasteiger partial charge in [0.15, 0.2) is 0 Å². The highest BCUT2D eigenvalue weighted by Crippen LogP contribution is 2.22. The number of rotatable bonds is 1. The Hall–Kier alpha value is -2.29. The summed E-state index contributed by atoms with van der Waals surface area (Å²) in [6.07, 6.45) is 0.675. The molecule has 0 bridgehead atoms. The second-order valence-corrected chi connectivity index (χ2v) is 4.77. The molecule has 0 aromatic rings. The molecule has 3 heterocycles. The van der Waals surface area contributed by atoms with Crippen molar-refractivity contribution < 1.29 is 9.47 Å². The van der Waals surface area contributed by atoms with Crippen LogP contribution in [0.25, 0.3) is 11.5 Å². The SMILES string of the molecule is Cn1nc(C2CCOC2)[n+]([O-])c2c(=O)n(C)c(=O)nc1-2. The Labute approximate surface area is 113 Å². The molecule has 0 spiro atoms. The van der Waals surface area contributed by atoms with Crippen LogP contribution in [0.3, 0.4) is 0 Å². The van der Waals surface area contributed by atoms with Crippen LogP contribution in [0.1, 0.15) is 18.2 Å². The lowest BCUT2D eigenvalue weighted by molar-refractivity contribution is -0.610. The highest BCUT2D eigenvalue weighted by atomic mass is 16.5. The highest BCUT2D eigenvalue weighted by molar-refractivity contribution is 5.43. The van der Waals surface area contributed by atoms with E-state index >= 15 is 0 Å². The maximum absolute atomic E-state index is 12.4. The first-order chi connectivity index (χ1) is 9.50. The van der Waals surface area contributed by atoms with E-state index < -0.39 is 11.2 Å². The lowest BCUT2D eigenvalue weighted by atomic mass is 10.1. The average molecular weight is 279 g/mol. The van der Waals surface area contributed by atoms with Crippen LogP contribution < -0.4 is 16.0 Å². The third kappa shape index (κ3) is 1.70. The number of aryl methyl sites for hydroxylation is 1. The topological polar surface area (TPSA) is 106 Å². The Morgan fingerprint density at radius 3 is 2.80 bits per heavy atom. The van der Waals surface area contributed by atoms with E-state index in [9.17, 15) is 14.8 Å². The molecule has 3 aliphatic heterocycles. The van der Waals surface area contributed by atoms with Crippen molar-refractivity contribution in [3.05, 3.63) is 31.9 Å². The molecule has 9 heteroatoms. The predicted octanol–water partition coefficient (Wildman–Crippen LogP) is -1.88. The van der Waals surface area contributed by atoms with Crippen LogP contribution in [0.15, 0.2) is 9.59 Å². The van der Waals surface area contributed by atoms with E-state index in [4.69, 9.17) is 4.74 Å². The number of fused-ring (bicyclic) bond motifs is 1.